The lowest BCUT2D eigenvalue weighted by atomic mass is 9.84. The Kier molecular flexibility index (Phi) is 6.26. The van der Waals surface area contributed by atoms with Crippen molar-refractivity contribution in [2.45, 2.75) is 24.6 Å². The number of rotatable bonds is 6. The van der Waals surface area contributed by atoms with Gasteiger partial charge in [0.05, 0.1) is 0 Å². The molecule has 0 aliphatic carbocycles. The van der Waals surface area contributed by atoms with E-state index < -0.39 is 17.6 Å². The predicted molar refractivity (Wildman–Crippen MR) is 116 cm³/mol. The molecule has 1 aromatic heterocycles. The fraction of sp³-hybridized carbons (Fsp3) is 0.375. The molecule has 1 amide bonds. The van der Waals surface area contributed by atoms with Gasteiger partial charge in [-0.3, -0.25) is 9.69 Å². The zero-order valence-electron chi connectivity index (χ0n) is 17.6. The number of H-pyrrole nitrogens is 1. The van der Waals surface area contributed by atoms with Crippen LogP contribution in [-0.4, -0.2) is 70.3 Å². The number of fused-ring (bicyclic) bond motifs is 1. The molecule has 0 spiro atoms. The summed E-state index contributed by atoms with van der Waals surface area (Å²) in [6.45, 7) is 0.195. The number of nitrogens with zero attached hydrogens (tertiary/aromatic N) is 2. The molecule has 32 heavy (non-hydrogen) atoms. The molecule has 3 aromatic rings. The molecule has 5 nitrogen and oxygen atoms in total. The molecular weight excluding hydrogens is 419 g/mol. The topological polar surface area (TPSA) is 59.6 Å². The fourth-order valence-electron chi connectivity index (χ4n) is 4.59. The maximum absolute atomic E-state index is 14.9. The van der Waals surface area contributed by atoms with Crippen molar-refractivity contribution >= 4 is 16.8 Å². The lowest BCUT2D eigenvalue weighted by Gasteiger charge is -2.51. The number of amides is 1. The highest BCUT2D eigenvalue weighted by Gasteiger charge is 2.62. The van der Waals surface area contributed by atoms with Crippen LogP contribution < -0.4 is 0 Å². The van der Waals surface area contributed by atoms with Crippen molar-refractivity contribution < 1.29 is 23.1 Å². The first-order chi connectivity index (χ1) is 15.4. The number of alkyl halides is 3. The number of para-hydroxylation sites is 1. The van der Waals surface area contributed by atoms with Gasteiger partial charge in [0.1, 0.15) is 0 Å². The molecule has 0 radical (unpaired) electrons. The number of aromatic nitrogens is 1. The van der Waals surface area contributed by atoms with Crippen molar-refractivity contribution in [1.29, 1.82) is 0 Å². The molecule has 0 saturated carbocycles. The van der Waals surface area contributed by atoms with Gasteiger partial charge in [-0.1, -0.05) is 36.4 Å². The van der Waals surface area contributed by atoms with Gasteiger partial charge in [-0.25, -0.2) is 0 Å². The summed E-state index contributed by atoms with van der Waals surface area (Å²) < 4.78 is 44.8. The Morgan fingerprint density at radius 1 is 1.06 bits per heavy atom. The zero-order valence-corrected chi connectivity index (χ0v) is 17.6. The second kappa shape index (κ2) is 8.96. The largest absolute Gasteiger partial charge is 0.413 e. The van der Waals surface area contributed by atoms with Crippen molar-refractivity contribution in [2.24, 2.45) is 0 Å². The number of hydrogen-bond donors (Lipinski definition) is 2. The molecule has 1 aliphatic heterocycles. The maximum atomic E-state index is 14.9. The zero-order chi connectivity index (χ0) is 22.8. The summed E-state index contributed by atoms with van der Waals surface area (Å²) in [6.07, 6.45) is -3.02. The molecule has 1 unspecified atom stereocenters. The molecule has 1 atom stereocenters. The second-order valence-electron chi connectivity index (χ2n) is 8.24. The van der Waals surface area contributed by atoms with Gasteiger partial charge in [0.2, 0.25) is 0 Å². The van der Waals surface area contributed by atoms with Crippen LogP contribution in [0.15, 0.2) is 60.8 Å². The highest BCUT2D eigenvalue weighted by Crippen LogP contribution is 2.42. The molecule has 4 rings (SSSR count). The van der Waals surface area contributed by atoms with E-state index in [0.717, 1.165) is 15.8 Å². The van der Waals surface area contributed by atoms with Crippen molar-refractivity contribution in [3.63, 3.8) is 0 Å². The van der Waals surface area contributed by atoms with Gasteiger partial charge in [-0.15, -0.1) is 0 Å². The minimum Gasteiger partial charge on any atom is -0.396 e. The Morgan fingerprint density at radius 2 is 1.78 bits per heavy atom. The van der Waals surface area contributed by atoms with E-state index in [9.17, 15) is 23.1 Å². The summed E-state index contributed by atoms with van der Waals surface area (Å²) >= 11 is 0. The van der Waals surface area contributed by atoms with E-state index in [4.69, 9.17) is 0 Å². The van der Waals surface area contributed by atoms with Gasteiger partial charge in [-0.05, 0) is 30.2 Å². The first-order valence-corrected chi connectivity index (χ1v) is 10.7. The fourth-order valence-corrected chi connectivity index (χ4v) is 4.59. The van der Waals surface area contributed by atoms with Crippen LogP contribution in [0.4, 0.5) is 13.2 Å². The summed E-state index contributed by atoms with van der Waals surface area (Å²) in [6, 6.07) is 15.4. The van der Waals surface area contributed by atoms with E-state index in [0.29, 0.717) is 25.1 Å². The Bertz CT molecular complexity index is 1070. The predicted octanol–water partition coefficient (Wildman–Crippen LogP) is 3.85. The monoisotopic (exact) mass is 445 g/mol. The molecular formula is C24H26F3N3O2. The summed E-state index contributed by atoms with van der Waals surface area (Å²) in [7, 11) is 0. The average Bonchev–Trinajstić information content (AvgIpc) is 3.20. The van der Waals surface area contributed by atoms with Crippen LogP contribution in [-0.2, 0) is 6.42 Å². The quantitative estimate of drug-likeness (QED) is 0.606. The van der Waals surface area contributed by atoms with Crippen molar-refractivity contribution in [1.82, 2.24) is 14.8 Å². The Hall–Kier alpha value is -2.84. The van der Waals surface area contributed by atoms with E-state index in [-0.39, 0.29) is 31.7 Å². The van der Waals surface area contributed by atoms with Crippen molar-refractivity contribution in [3.05, 3.63) is 71.9 Å². The van der Waals surface area contributed by atoms with Crippen LogP contribution in [0.5, 0.6) is 0 Å². The van der Waals surface area contributed by atoms with Crippen LogP contribution >= 0.6 is 0 Å². The second-order valence-corrected chi connectivity index (χ2v) is 8.24. The van der Waals surface area contributed by atoms with Gasteiger partial charge in [0.25, 0.3) is 5.91 Å². The average molecular weight is 445 g/mol. The SMILES string of the molecule is O=C(c1ccccc1)N1CCN(CCCO)CC1(Cc1c[nH]c2ccccc12)C(F)(F)F. The van der Waals surface area contributed by atoms with Crippen LogP contribution in [0.2, 0.25) is 0 Å². The third kappa shape index (κ3) is 4.12. The van der Waals surface area contributed by atoms with E-state index in [1.165, 1.54) is 0 Å². The number of halogens is 3. The van der Waals surface area contributed by atoms with Gasteiger partial charge < -0.3 is 15.0 Å². The van der Waals surface area contributed by atoms with Gasteiger partial charge >= 0.3 is 6.18 Å². The number of aromatic amines is 1. The van der Waals surface area contributed by atoms with Crippen LogP contribution in [0.1, 0.15) is 22.3 Å². The molecule has 1 aliphatic rings. The van der Waals surface area contributed by atoms with Gasteiger partial charge in [0.15, 0.2) is 5.54 Å². The van der Waals surface area contributed by atoms with E-state index in [1.54, 1.807) is 53.6 Å². The minimum absolute atomic E-state index is 0.0407. The number of piperazine rings is 1. The summed E-state index contributed by atoms with van der Waals surface area (Å²) in [4.78, 5) is 19.1. The third-order valence-electron chi connectivity index (χ3n) is 6.23. The standard InChI is InChI=1S/C24H26F3N3O2/c25-24(26,27)23(15-19-16-28-21-10-5-4-9-20(19)21)17-29(11-6-14-31)12-13-30(23)22(32)18-7-2-1-3-8-18/h1-5,7-10,16,28,31H,6,11-15,17H2. The molecule has 1 saturated heterocycles. The van der Waals surface area contributed by atoms with Gasteiger partial charge in [0, 0.05) is 61.9 Å². The number of carbonyl (C=O) groups excluding carboxylic acids is 1. The lowest BCUT2D eigenvalue weighted by Crippen LogP contribution is -2.71. The molecule has 170 valence electrons. The maximum Gasteiger partial charge on any atom is 0.413 e. The number of nitrogens with one attached hydrogen (secondary N) is 1. The number of hydrogen-bond acceptors (Lipinski definition) is 3. The molecule has 2 aromatic carbocycles. The van der Waals surface area contributed by atoms with Crippen molar-refractivity contribution in [2.75, 3.05) is 32.8 Å². The Balaban J connectivity index is 1.79. The first-order valence-electron chi connectivity index (χ1n) is 10.7. The molecule has 8 heteroatoms. The number of carbonyl (C=O) groups is 1. The molecule has 0 bridgehead atoms. The highest BCUT2D eigenvalue weighted by molar-refractivity contribution is 5.95. The Morgan fingerprint density at radius 3 is 2.50 bits per heavy atom. The summed E-state index contributed by atoms with van der Waals surface area (Å²) in [5.74, 6) is -0.621. The molecule has 2 N–H and O–H groups in total. The van der Waals surface area contributed by atoms with Crippen molar-refractivity contribution in [3.8, 4) is 0 Å². The third-order valence-corrected chi connectivity index (χ3v) is 6.23. The van der Waals surface area contributed by atoms with Crippen LogP contribution in [0.3, 0.4) is 0 Å². The lowest BCUT2D eigenvalue weighted by molar-refractivity contribution is -0.237. The number of aliphatic hydroxyl groups excluding tert-OH is 1. The first kappa shape index (κ1) is 22.4. The van der Waals surface area contributed by atoms with E-state index in [1.807, 2.05) is 12.1 Å². The molecule has 1 fully saturated rings. The van der Waals surface area contributed by atoms with Crippen LogP contribution in [0.25, 0.3) is 10.9 Å². The smallest absolute Gasteiger partial charge is 0.396 e. The van der Waals surface area contributed by atoms with E-state index >= 15 is 0 Å². The number of aliphatic hydroxyl groups is 1. The van der Waals surface area contributed by atoms with Crippen LogP contribution in [0, 0.1) is 0 Å². The summed E-state index contributed by atoms with van der Waals surface area (Å²) in [5, 5.41) is 9.90. The molecule has 2 heterocycles. The number of benzene rings is 2. The summed E-state index contributed by atoms with van der Waals surface area (Å²) in [5.41, 5.74) is -0.871. The minimum atomic E-state index is -4.66. The normalized spacial score (nSPS) is 20.1. The van der Waals surface area contributed by atoms with Gasteiger partial charge in [-0.2, -0.15) is 13.2 Å². The van der Waals surface area contributed by atoms with E-state index in [2.05, 4.69) is 4.98 Å². The Labute approximate surface area is 184 Å². The highest BCUT2D eigenvalue weighted by atomic mass is 19.4.